The highest BCUT2D eigenvalue weighted by molar-refractivity contribution is 9.10. The van der Waals surface area contributed by atoms with Crippen LogP contribution >= 0.6 is 15.9 Å². The van der Waals surface area contributed by atoms with Crippen molar-refractivity contribution < 1.29 is 9.53 Å². The summed E-state index contributed by atoms with van der Waals surface area (Å²) >= 11 is 3.39. The second-order valence-electron chi connectivity index (χ2n) is 5.01. The van der Waals surface area contributed by atoms with Crippen LogP contribution in [-0.2, 0) is 0 Å². The molecule has 0 aromatic heterocycles. The van der Waals surface area contributed by atoms with E-state index in [-0.39, 0.29) is 11.4 Å². The summed E-state index contributed by atoms with van der Waals surface area (Å²) in [6, 6.07) is 5.66. The minimum absolute atomic E-state index is 0.197. The molecule has 3 rings (SSSR count). The molecule has 0 saturated carbocycles. The van der Waals surface area contributed by atoms with Crippen LogP contribution in [0.5, 0.6) is 5.75 Å². The maximum Gasteiger partial charge on any atom is 0.170 e. The number of Topliss-reactive ketones (excluding diaryl/α,β-unsaturated/α-hetero) is 1. The molecule has 1 unspecified atom stereocenters. The number of halogens is 1. The molecular formula is C13H14BrNO2. The molecule has 0 amide bonds. The van der Waals surface area contributed by atoms with Crippen molar-refractivity contribution in [2.24, 2.45) is 0 Å². The minimum atomic E-state index is -0.285. The monoisotopic (exact) mass is 295 g/mol. The highest BCUT2D eigenvalue weighted by Crippen LogP contribution is 2.39. The summed E-state index contributed by atoms with van der Waals surface area (Å²) in [6.07, 6.45) is 1.44. The molecule has 3 nitrogen and oxygen atoms in total. The van der Waals surface area contributed by atoms with Gasteiger partial charge < -0.3 is 9.64 Å². The number of ketones is 1. The van der Waals surface area contributed by atoms with Crippen LogP contribution < -0.4 is 4.74 Å². The predicted octanol–water partition coefficient (Wildman–Crippen LogP) is 2.49. The van der Waals surface area contributed by atoms with E-state index < -0.39 is 0 Å². The smallest absolute Gasteiger partial charge is 0.170 e. The summed E-state index contributed by atoms with van der Waals surface area (Å²) in [5.74, 6) is 0.933. The maximum atomic E-state index is 12.2. The first-order valence-electron chi connectivity index (χ1n) is 5.78. The molecule has 0 N–H and O–H groups in total. The Kier molecular flexibility index (Phi) is 2.52. The number of ether oxygens (including phenoxy) is 1. The Bertz CT molecular complexity index is 488. The van der Waals surface area contributed by atoms with Gasteiger partial charge in [0.2, 0.25) is 0 Å². The van der Waals surface area contributed by atoms with Crippen LogP contribution in [0.4, 0.5) is 0 Å². The fraction of sp³-hybridized carbons (Fsp3) is 0.462. The molecule has 1 saturated heterocycles. The summed E-state index contributed by atoms with van der Waals surface area (Å²) < 4.78 is 7.02. The molecule has 0 bridgehead atoms. The number of rotatable bonds is 0. The lowest BCUT2D eigenvalue weighted by molar-refractivity contribution is 0.0476. The van der Waals surface area contributed by atoms with E-state index in [1.165, 1.54) is 0 Å². The molecule has 1 spiro atoms. The zero-order valence-electron chi connectivity index (χ0n) is 9.70. The molecule has 2 aliphatic rings. The Hall–Kier alpha value is -0.870. The van der Waals surface area contributed by atoms with Crippen molar-refractivity contribution in [3.63, 3.8) is 0 Å². The van der Waals surface area contributed by atoms with Gasteiger partial charge in [-0.1, -0.05) is 15.9 Å². The molecule has 1 aromatic carbocycles. The highest BCUT2D eigenvalue weighted by Gasteiger charge is 2.44. The van der Waals surface area contributed by atoms with Crippen LogP contribution in [-0.4, -0.2) is 36.4 Å². The largest absolute Gasteiger partial charge is 0.485 e. The first-order chi connectivity index (χ1) is 8.08. The number of likely N-dealkylation sites (N-methyl/N-ethyl adjacent to an activating group) is 1. The molecule has 1 fully saturated rings. The van der Waals surface area contributed by atoms with Crippen molar-refractivity contribution >= 4 is 21.7 Å². The van der Waals surface area contributed by atoms with Crippen molar-refractivity contribution in [2.75, 3.05) is 20.1 Å². The molecular weight excluding hydrogens is 282 g/mol. The Labute approximate surface area is 109 Å². The van der Waals surface area contributed by atoms with Crippen LogP contribution in [0.2, 0.25) is 0 Å². The fourth-order valence-corrected chi connectivity index (χ4v) is 3.10. The van der Waals surface area contributed by atoms with E-state index in [2.05, 4.69) is 27.9 Å². The first-order valence-corrected chi connectivity index (χ1v) is 6.58. The Morgan fingerprint density at radius 1 is 1.47 bits per heavy atom. The van der Waals surface area contributed by atoms with Crippen LogP contribution in [0.1, 0.15) is 23.2 Å². The van der Waals surface area contributed by atoms with Crippen LogP contribution in [0.25, 0.3) is 0 Å². The topological polar surface area (TPSA) is 29.5 Å². The molecule has 1 atom stereocenters. The van der Waals surface area contributed by atoms with E-state index in [9.17, 15) is 4.79 Å². The van der Waals surface area contributed by atoms with Gasteiger partial charge in [0.15, 0.2) is 5.78 Å². The second kappa shape index (κ2) is 3.82. The predicted molar refractivity (Wildman–Crippen MR) is 68.6 cm³/mol. The number of fused-ring (bicyclic) bond motifs is 1. The van der Waals surface area contributed by atoms with Gasteiger partial charge in [-0.15, -0.1) is 0 Å². The lowest BCUT2D eigenvalue weighted by Gasteiger charge is -2.34. The average molecular weight is 296 g/mol. The third-order valence-electron chi connectivity index (χ3n) is 3.56. The number of nitrogens with zero attached hydrogens (tertiary/aromatic N) is 1. The van der Waals surface area contributed by atoms with Crippen LogP contribution in [0, 0.1) is 0 Å². The Morgan fingerprint density at radius 2 is 2.29 bits per heavy atom. The molecule has 17 heavy (non-hydrogen) atoms. The minimum Gasteiger partial charge on any atom is -0.485 e. The number of carbonyl (C=O) groups is 1. The second-order valence-corrected chi connectivity index (χ2v) is 5.93. The molecule has 2 aliphatic heterocycles. The number of hydrogen-bond acceptors (Lipinski definition) is 3. The zero-order valence-corrected chi connectivity index (χ0v) is 11.3. The third kappa shape index (κ3) is 1.89. The van der Waals surface area contributed by atoms with E-state index in [0.29, 0.717) is 12.0 Å². The zero-order chi connectivity index (χ0) is 12.0. The van der Waals surface area contributed by atoms with Crippen LogP contribution in [0.15, 0.2) is 22.7 Å². The lowest BCUT2D eigenvalue weighted by Crippen LogP contribution is -2.44. The third-order valence-corrected chi connectivity index (χ3v) is 4.05. The molecule has 1 aromatic rings. The van der Waals surface area contributed by atoms with Gasteiger partial charge in [-0.05, 0) is 25.2 Å². The van der Waals surface area contributed by atoms with Crippen molar-refractivity contribution in [1.82, 2.24) is 4.90 Å². The van der Waals surface area contributed by atoms with E-state index >= 15 is 0 Å². The lowest BCUT2D eigenvalue weighted by atomic mass is 9.89. The summed E-state index contributed by atoms with van der Waals surface area (Å²) in [5, 5.41) is 0. The van der Waals surface area contributed by atoms with Gasteiger partial charge in [0, 0.05) is 24.0 Å². The Balaban J connectivity index is 1.98. The molecule has 0 aliphatic carbocycles. The van der Waals surface area contributed by atoms with Crippen molar-refractivity contribution in [2.45, 2.75) is 18.4 Å². The Morgan fingerprint density at radius 3 is 3.00 bits per heavy atom. The number of hydrogen-bond donors (Lipinski definition) is 0. The van der Waals surface area contributed by atoms with Gasteiger partial charge in [0.1, 0.15) is 11.4 Å². The first kappa shape index (κ1) is 11.2. The summed E-state index contributed by atoms with van der Waals surface area (Å²) in [4.78, 5) is 14.4. The van der Waals surface area contributed by atoms with Crippen molar-refractivity contribution in [3.05, 3.63) is 28.2 Å². The van der Waals surface area contributed by atoms with Gasteiger partial charge in [0.25, 0.3) is 0 Å². The van der Waals surface area contributed by atoms with E-state index in [1.54, 1.807) is 0 Å². The summed E-state index contributed by atoms with van der Waals surface area (Å²) in [5.41, 5.74) is 0.423. The van der Waals surface area contributed by atoms with E-state index in [0.717, 1.165) is 29.7 Å². The van der Waals surface area contributed by atoms with Gasteiger partial charge in [-0.25, -0.2) is 0 Å². The molecule has 4 heteroatoms. The highest BCUT2D eigenvalue weighted by atomic mass is 79.9. The van der Waals surface area contributed by atoms with Gasteiger partial charge in [0.05, 0.1) is 12.0 Å². The normalized spacial score (nSPS) is 28.2. The molecule has 90 valence electrons. The SMILES string of the molecule is CN1CCC2(CC(=O)c3cc(Br)ccc3O2)C1. The number of likely N-dealkylation sites (tertiary alicyclic amines) is 1. The average Bonchev–Trinajstić information content (AvgIpc) is 2.61. The molecule has 0 radical (unpaired) electrons. The van der Waals surface area contributed by atoms with Gasteiger partial charge in [-0.2, -0.15) is 0 Å². The number of benzene rings is 1. The van der Waals surface area contributed by atoms with E-state index in [1.807, 2.05) is 18.2 Å². The summed E-state index contributed by atoms with van der Waals surface area (Å²) in [7, 11) is 2.07. The maximum absolute atomic E-state index is 12.2. The summed E-state index contributed by atoms with van der Waals surface area (Å²) in [6.45, 7) is 1.84. The van der Waals surface area contributed by atoms with E-state index in [4.69, 9.17) is 4.74 Å². The fourth-order valence-electron chi connectivity index (χ4n) is 2.74. The van der Waals surface area contributed by atoms with Crippen molar-refractivity contribution in [3.8, 4) is 5.75 Å². The quantitative estimate of drug-likeness (QED) is 0.736. The van der Waals surface area contributed by atoms with Crippen molar-refractivity contribution in [1.29, 1.82) is 0 Å². The van der Waals surface area contributed by atoms with Gasteiger partial charge in [-0.3, -0.25) is 4.79 Å². The van der Waals surface area contributed by atoms with Gasteiger partial charge >= 0.3 is 0 Å². The standard InChI is InChI=1S/C13H14BrNO2/c1-15-5-4-13(8-15)7-11(16)10-6-9(14)2-3-12(10)17-13/h2-3,6H,4-5,7-8H2,1H3. The van der Waals surface area contributed by atoms with Crippen LogP contribution in [0.3, 0.4) is 0 Å². The molecule has 2 heterocycles. The number of carbonyl (C=O) groups excluding carboxylic acids is 1.